The molecule has 0 radical (unpaired) electrons. The fourth-order valence-corrected chi connectivity index (χ4v) is 1.58. The van der Waals surface area contributed by atoms with Gasteiger partial charge in [0.1, 0.15) is 0 Å². The normalized spacial score (nSPS) is 10.8. The SMILES string of the molecule is Cc1[nH]ncc1CNCCCn1cccn1. The van der Waals surface area contributed by atoms with Gasteiger partial charge in [0.15, 0.2) is 0 Å². The molecule has 2 rings (SSSR count). The van der Waals surface area contributed by atoms with E-state index in [9.17, 15) is 0 Å². The van der Waals surface area contributed by atoms with E-state index in [2.05, 4.69) is 20.6 Å². The number of rotatable bonds is 6. The Labute approximate surface area is 94.9 Å². The summed E-state index contributed by atoms with van der Waals surface area (Å²) < 4.78 is 1.95. The van der Waals surface area contributed by atoms with Crippen molar-refractivity contribution < 1.29 is 0 Å². The lowest BCUT2D eigenvalue weighted by molar-refractivity contribution is 0.543. The lowest BCUT2D eigenvalue weighted by Gasteiger charge is -2.04. The minimum Gasteiger partial charge on any atom is -0.312 e. The van der Waals surface area contributed by atoms with Crippen LogP contribution in [0.4, 0.5) is 0 Å². The van der Waals surface area contributed by atoms with Crippen molar-refractivity contribution in [1.29, 1.82) is 0 Å². The van der Waals surface area contributed by atoms with E-state index >= 15 is 0 Å². The van der Waals surface area contributed by atoms with Crippen molar-refractivity contribution in [3.8, 4) is 0 Å². The molecule has 2 N–H and O–H groups in total. The highest BCUT2D eigenvalue weighted by molar-refractivity contribution is 5.13. The highest BCUT2D eigenvalue weighted by Gasteiger charge is 1.98. The smallest absolute Gasteiger partial charge is 0.0535 e. The van der Waals surface area contributed by atoms with Crippen LogP contribution >= 0.6 is 0 Å². The molecule has 0 aliphatic heterocycles. The number of aromatic amines is 1. The molecule has 0 amide bonds. The zero-order chi connectivity index (χ0) is 11.2. The van der Waals surface area contributed by atoms with E-state index in [0.29, 0.717) is 0 Å². The lowest BCUT2D eigenvalue weighted by Crippen LogP contribution is -2.16. The third kappa shape index (κ3) is 2.93. The van der Waals surface area contributed by atoms with Gasteiger partial charge < -0.3 is 5.32 Å². The molecule has 2 aromatic rings. The maximum absolute atomic E-state index is 4.15. The van der Waals surface area contributed by atoms with Crippen molar-refractivity contribution in [1.82, 2.24) is 25.3 Å². The predicted octanol–water partition coefficient (Wildman–Crippen LogP) is 1.09. The van der Waals surface area contributed by atoms with E-state index in [-0.39, 0.29) is 0 Å². The molecule has 5 nitrogen and oxygen atoms in total. The summed E-state index contributed by atoms with van der Waals surface area (Å²) in [7, 11) is 0. The number of hydrogen-bond acceptors (Lipinski definition) is 3. The van der Waals surface area contributed by atoms with Gasteiger partial charge in [0, 0.05) is 36.7 Å². The summed E-state index contributed by atoms with van der Waals surface area (Å²) in [6.07, 6.45) is 6.75. The first-order valence-corrected chi connectivity index (χ1v) is 5.53. The van der Waals surface area contributed by atoms with Crippen molar-refractivity contribution >= 4 is 0 Å². The van der Waals surface area contributed by atoms with E-state index in [4.69, 9.17) is 0 Å². The Morgan fingerprint density at radius 2 is 2.44 bits per heavy atom. The van der Waals surface area contributed by atoms with Gasteiger partial charge in [-0.25, -0.2) is 0 Å². The molecule has 0 spiro atoms. The van der Waals surface area contributed by atoms with E-state index < -0.39 is 0 Å². The summed E-state index contributed by atoms with van der Waals surface area (Å²) in [6, 6.07) is 1.95. The Hall–Kier alpha value is -1.62. The summed E-state index contributed by atoms with van der Waals surface area (Å²) in [5, 5.41) is 14.5. The minimum atomic E-state index is 0.876. The van der Waals surface area contributed by atoms with Crippen molar-refractivity contribution in [3.05, 3.63) is 35.9 Å². The quantitative estimate of drug-likeness (QED) is 0.715. The number of H-pyrrole nitrogens is 1. The topological polar surface area (TPSA) is 58.5 Å². The molecule has 5 heteroatoms. The van der Waals surface area contributed by atoms with E-state index in [1.54, 1.807) is 0 Å². The Morgan fingerprint density at radius 3 is 3.12 bits per heavy atom. The lowest BCUT2D eigenvalue weighted by atomic mass is 10.2. The number of nitrogens with zero attached hydrogens (tertiary/aromatic N) is 3. The Bertz CT molecular complexity index is 404. The van der Waals surface area contributed by atoms with Crippen LogP contribution in [0.3, 0.4) is 0 Å². The number of nitrogens with one attached hydrogen (secondary N) is 2. The van der Waals surface area contributed by atoms with Crippen LogP contribution in [0.5, 0.6) is 0 Å². The van der Waals surface area contributed by atoms with Crippen LogP contribution in [-0.2, 0) is 13.1 Å². The van der Waals surface area contributed by atoms with Gasteiger partial charge in [-0.3, -0.25) is 9.78 Å². The van der Waals surface area contributed by atoms with Crippen LogP contribution in [0.25, 0.3) is 0 Å². The molecule has 0 saturated carbocycles. The second kappa shape index (κ2) is 5.46. The molecule has 0 atom stereocenters. The molecule has 86 valence electrons. The van der Waals surface area contributed by atoms with Gasteiger partial charge in [-0.15, -0.1) is 0 Å². The highest BCUT2D eigenvalue weighted by Crippen LogP contribution is 2.01. The number of aromatic nitrogens is 4. The monoisotopic (exact) mass is 219 g/mol. The second-order valence-corrected chi connectivity index (χ2v) is 3.82. The molecule has 0 aliphatic rings. The van der Waals surface area contributed by atoms with Gasteiger partial charge in [0.05, 0.1) is 6.20 Å². The average molecular weight is 219 g/mol. The molecule has 0 unspecified atom stereocenters. The first kappa shape index (κ1) is 10.9. The molecule has 2 heterocycles. The largest absolute Gasteiger partial charge is 0.312 e. The van der Waals surface area contributed by atoms with Gasteiger partial charge >= 0.3 is 0 Å². The van der Waals surface area contributed by atoms with Crippen LogP contribution in [0.15, 0.2) is 24.7 Å². The average Bonchev–Trinajstić information content (AvgIpc) is 2.90. The van der Waals surface area contributed by atoms with Crippen LogP contribution in [0.2, 0.25) is 0 Å². The summed E-state index contributed by atoms with van der Waals surface area (Å²) in [5.74, 6) is 0. The van der Waals surface area contributed by atoms with Crippen LogP contribution < -0.4 is 5.32 Å². The second-order valence-electron chi connectivity index (χ2n) is 3.82. The molecule has 0 saturated heterocycles. The van der Waals surface area contributed by atoms with Crippen LogP contribution in [0.1, 0.15) is 17.7 Å². The Kier molecular flexibility index (Phi) is 3.71. The van der Waals surface area contributed by atoms with Gasteiger partial charge in [0.2, 0.25) is 0 Å². The van der Waals surface area contributed by atoms with Gasteiger partial charge in [-0.2, -0.15) is 10.2 Å². The molecule has 0 fully saturated rings. The van der Waals surface area contributed by atoms with Crippen molar-refractivity contribution in [2.45, 2.75) is 26.4 Å². The molecule has 0 aliphatic carbocycles. The summed E-state index contributed by atoms with van der Waals surface area (Å²) >= 11 is 0. The Balaban J connectivity index is 1.61. The predicted molar refractivity (Wildman–Crippen MR) is 61.9 cm³/mol. The third-order valence-electron chi connectivity index (χ3n) is 2.55. The van der Waals surface area contributed by atoms with Crippen LogP contribution in [-0.4, -0.2) is 26.5 Å². The first-order valence-electron chi connectivity index (χ1n) is 5.53. The summed E-state index contributed by atoms with van der Waals surface area (Å²) in [6.45, 7) is 4.87. The zero-order valence-electron chi connectivity index (χ0n) is 9.48. The van der Waals surface area contributed by atoms with Gasteiger partial charge in [-0.1, -0.05) is 0 Å². The van der Waals surface area contributed by atoms with Crippen molar-refractivity contribution in [2.75, 3.05) is 6.54 Å². The first-order chi connectivity index (χ1) is 7.86. The molecular weight excluding hydrogens is 202 g/mol. The van der Waals surface area contributed by atoms with Crippen molar-refractivity contribution in [3.63, 3.8) is 0 Å². The fraction of sp³-hybridized carbons (Fsp3) is 0.455. The third-order valence-corrected chi connectivity index (χ3v) is 2.55. The van der Waals surface area contributed by atoms with Gasteiger partial charge in [0.25, 0.3) is 0 Å². The fourth-order valence-electron chi connectivity index (χ4n) is 1.58. The minimum absolute atomic E-state index is 0.876. The van der Waals surface area contributed by atoms with E-state index in [0.717, 1.165) is 31.7 Å². The maximum Gasteiger partial charge on any atom is 0.0535 e. The van der Waals surface area contributed by atoms with Gasteiger partial charge in [-0.05, 0) is 26.0 Å². The standard InChI is InChI=1S/C11H17N5/c1-10-11(9-13-15-10)8-12-4-2-6-16-7-3-5-14-16/h3,5,7,9,12H,2,4,6,8H2,1H3,(H,13,15). The number of aryl methyl sites for hydroxylation is 2. The zero-order valence-corrected chi connectivity index (χ0v) is 9.48. The Morgan fingerprint density at radius 1 is 1.50 bits per heavy atom. The van der Waals surface area contributed by atoms with Crippen molar-refractivity contribution in [2.24, 2.45) is 0 Å². The van der Waals surface area contributed by atoms with E-state index in [1.165, 1.54) is 5.56 Å². The maximum atomic E-state index is 4.15. The molecule has 2 aromatic heterocycles. The highest BCUT2D eigenvalue weighted by atomic mass is 15.3. The number of hydrogen-bond donors (Lipinski definition) is 2. The van der Waals surface area contributed by atoms with E-state index in [1.807, 2.05) is 36.3 Å². The molecule has 0 bridgehead atoms. The summed E-state index contributed by atoms with van der Waals surface area (Å²) in [4.78, 5) is 0. The summed E-state index contributed by atoms with van der Waals surface area (Å²) in [5.41, 5.74) is 2.37. The van der Waals surface area contributed by atoms with Crippen LogP contribution in [0, 0.1) is 6.92 Å². The molecule has 0 aromatic carbocycles. The molecular formula is C11H17N5. The molecule has 16 heavy (non-hydrogen) atoms.